The smallest absolute Gasteiger partial charge is 0.371 e. The van der Waals surface area contributed by atoms with Crippen molar-refractivity contribution in [1.29, 1.82) is 0 Å². The van der Waals surface area contributed by atoms with Gasteiger partial charge in [0.2, 0.25) is 5.76 Å². The molecular weight excluding hydrogens is 575 g/mol. The number of anilines is 1. The number of aliphatic carboxylic acids is 1. The third kappa shape index (κ3) is 8.44. The van der Waals surface area contributed by atoms with Gasteiger partial charge in [0.1, 0.15) is 5.75 Å². The van der Waals surface area contributed by atoms with Gasteiger partial charge in [0.05, 0.1) is 36.6 Å². The molecule has 0 radical (unpaired) electrons. The van der Waals surface area contributed by atoms with Crippen LogP contribution in [-0.2, 0) is 20.7 Å². The highest BCUT2D eigenvalue weighted by molar-refractivity contribution is 7.14. The number of rotatable bonds is 14. The Balaban J connectivity index is 1.72. The number of nitrogens with zero attached hydrogens (tertiary/aromatic N) is 1. The topological polar surface area (TPSA) is 107 Å². The molecule has 0 saturated heterocycles. The summed E-state index contributed by atoms with van der Waals surface area (Å²) in [6.45, 7) is 5.74. The number of aromatic nitrogens is 1. The lowest BCUT2D eigenvalue weighted by molar-refractivity contribution is -0.135. The van der Waals surface area contributed by atoms with Gasteiger partial charge in [0.25, 0.3) is 5.91 Å². The average Bonchev–Trinajstić information content (AvgIpc) is 3.37. The second-order valence-corrected chi connectivity index (χ2v) is 10.9. The number of carbonyl (C=O) groups is 2. The number of nitrogens with one attached hydrogen (secondary N) is 1. The number of carboxylic acids is 1. The molecule has 0 atom stereocenters. The first kappa shape index (κ1) is 31.4. The number of hydrogen-bond donors (Lipinski definition) is 2. The molecule has 8 nitrogen and oxygen atoms in total. The van der Waals surface area contributed by atoms with E-state index in [-0.39, 0.29) is 26.9 Å². The number of methoxy groups -OCH3 is 2. The highest BCUT2D eigenvalue weighted by Gasteiger charge is 2.18. The number of ether oxygens (including phenoxy) is 3. The van der Waals surface area contributed by atoms with Crippen LogP contribution in [0.3, 0.4) is 0 Å². The lowest BCUT2D eigenvalue weighted by Gasteiger charge is -2.13. The first-order valence-corrected chi connectivity index (χ1v) is 14.3. The van der Waals surface area contributed by atoms with Crippen LogP contribution < -0.4 is 10.1 Å². The lowest BCUT2D eigenvalue weighted by atomic mass is 10.0. The van der Waals surface area contributed by atoms with Crippen molar-refractivity contribution in [2.24, 2.45) is 5.92 Å². The Morgan fingerprint density at radius 1 is 1.15 bits per heavy atom. The molecular formula is C29H32Cl2N2O6S. The fourth-order valence-electron chi connectivity index (χ4n) is 3.92. The van der Waals surface area contributed by atoms with E-state index >= 15 is 0 Å². The van der Waals surface area contributed by atoms with E-state index < -0.39 is 11.9 Å². The van der Waals surface area contributed by atoms with Crippen LogP contribution in [0.1, 0.15) is 48.2 Å². The molecule has 1 aromatic heterocycles. The minimum absolute atomic E-state index is 0.0960. The van der Waals surface area contributed by atoms with E-state index in [2.05, 4.69) is 24.1 Å². The molecule has 1 heterocycles. The lowest BCUT2D eigenvalue weighted by Crippen LogP contribution is -2.12. The number of halogens is 2. The van der Waals surface area contributed by atoms with Crippen molar-refractivity contribution >= 4 is 57.6 Å². The second-order valence-electron chi connectivity index (χ2n) is 9.26. The number of hydrogen-bond acceptors (Lipinski definition) is 7. The number of benzene rings is 2. The standard InChI is InChI=1S/C29H32Cl2N2O6S/c1-17(2)7-6-11-39-12-10-18-8-5-9-20(26(18)38-4)24-16-40-29(32-24)33-27(34)19-13-22(30)21(23(31)14-19)15-25(37-3)28(35)36/h5,8-9,13-17H,6-7,10-12H2,1-4H3,(H,35,36)(H,32,33,34). The average molecular weight is 608 g/mol. The molecule has 0 saturated carbocycles. The molecule has 11 heteroatoms. The largest absolute Gasteiger partial charge is 0.496 e. The Bertz CT molecular complexity index is 1350. The Labute approximate surface area is 247 Å². The molecule has 0 unspecified atom stereocenters. The minimum atomic E-state index is -1.27. The third-order valence-electron chi connectivity index (χ3n) is 5.93. The fourth-order valence-corrected chi connectivity index (χ4v) is 5.22. The van der Waals surface area contributed by atoms with Gasteiger partial charge in [-0.05, 0) is 55.0 Å². The first-order valence-electron chi connectivity index (χ1n) is 12.6. The van der Waals surface area contributed by atoms with Crippen LogP contribution in [0.2, 0.25) is 10.0 Å². The number of carboxylic acid groups (broad SMARTS) is 1. The van der Waals surface area contributed by atoms with E-state index in [0.29, 0.717) is 29.8 Å². The maximum atomic E-state index is 12.9. The molecule has 3 aromatic rings. The van der Waals surface area contributed by atoms with Gasteiger partial charge in [-0.2, -0.15) is 0 Å². The normalized spacial score (nSPS) is 11.5. The fraction of sp³-hybridized carbons (Fsp3) is 0.345. The maximum Gasteiger partial charge on any atom is 0.371 e. The van der Waals surface area contributed by atoms with Gasteiger partial charge in [-0.1, -0.05) is 49.2 Å². The molecule has 3 rings (SSSR count). The Hall–Kier alpha value is -3.11. The van der Waals surface area contributed by atoms with Crippen molar-refractivity contribution in [1.82, 2.24) is 4.98 Å². The summed E-state index contributed by atoms with van der Waals surface area (Å²) in [5.41, 5.74) is 2.90. The van der Waals surface area contributed by atoms with E-state index in [9.17, 15) is 14.7 Å². The third-order valence-corrected chi connectivity index (χ3v) is 7.32. The van der Waals surface area contributed by atoms with Gasteiger partial charge < -0.3 is 19.3 Å². The zero-order valence-electron chi connectivity index (χ0n) is 22.8. The summed E-state index contributed by atoms with van der Waals surface area (Å²) in [4.78, 5) is 28.8. The summed E-state index contributed by atoms with van der Waals surface area (Å²) in [5, 5.41) is 14.3. The predicted molar refractivity (Wildman–Crippen MR) is 160 cm³/mol. The molecule has 0 spiro atoms. The van der Waals surface area contributed by atoms with Crippen LogP contribution in [0, 0.1) is 5.92 Å². The van der Waals surface area contributed by atoms with Crippen LogP contribution in [-0.4, -0.2) is 49.4 Å². The van der Waals surface area contributed by atoms with Crippen LogP contribution in [0.4, 0.5) is 5.13 Å². The highest BCUT2D eigenvalue weighted by atomic mass is 35.5. The second kappa shape index (κ2) is 15.0. The van der Waals surface area contributed by atoms with E-state index in [1.165, 1.54) is 36.7 Å². The molecule has 1 amide bonds. The number of para-hydroxylation sites is 1. The quantitative estimate of drug-likeness (QED) is 0.111. The van der Waals surface area contributed by atoms with Crippen LogP contribution in [0.25, 0.3) is 17.3 Å². The van der Waals surface area contributed by atoms with Gasteiger partial charge in [0, 0.05) is 28.7 Å². The van der Waals surface area contributed by atoms with Gasteiger partial charge in [-0.3, -0.25) is 10.1 Å². The predicted octanol–water partition coefficient (Wildman–Crippen LogP) is 7.45. The van der Waals surface area contributed by atoms with E-state index in [1.54, 1.807) is 7.11 Å². The van der Waals surface area contributed by atoms with Crippen LogP contribution in [0.5, 0.6) is 5.75 Å². The monoisotopic (exact) mass is 606 g/mol. The highest BCUT2D eigenvalue weighted by Crippen LogP contribution is 2.35. The van der Waals surface area contributed by atoms with Crippen molar-refractivity contribution < 1.29 is 28.9 Å². The molecule has 2 aromatic carbocycles. The Morgan fingerprint density at radius 3 is 2.50 bits per heavy atom. The Kier molecular flexibility index (Phi) is 11.8. The van der Waals surface area contributed by atoms with Gasteiger partial charge >= 0.3 is 5.97 Å². The maximum absolute atomic E-state index is 12.9. The molecule has 2 N–H and O–H groups in total. The number of carbonyl (C=O) groups excluding carboxylic acids is 1. The van der Waals surface area contributed by atoms with Gasteiger partial charge in [-0.25, -0.2) is 9.78 Å². The summed E-state index contributed by atoms with van der Waals surface area (Å²) >= 11 is 13.9. The molecule has 0 fully saturated rings. The van der Waals surface area contributed by atoms with Crippen molar-refractivity contribution in [3.63, 3.8) is 0 Å². The molecule has 0 aliphatic rings. The van der Waals surface area contributed by atoms with Gasteiger partial charge in [-0.15, -0.1) is 11.3 Å². The molecule has 0 bridgehead atoms. The van der Waals surface area contributed by atoms with E-state index in [4.69, 9.17) is 37.4 Å². The van der Waals surface area contributed by atoms with E-state index in [0.717, 1.165) is 36.3 Å². The van der Waals surface area contributed by atoms with Crippen molar-refractivity contribution in [3.05, 3.63) is 68.2 Å². The van der Waals surface area contributed by atoms with Crippen LogP contribution in [0.15, 0.2) is 41.5 Å². The molecule has 214 valence electrons. The summed E-state index contributed by atoms with van der Waals surface area (Å²) < 4.78 is 16.4. The summed E-state index contributed by atoms with van der Waals surface area (Å²) in [6.07, 6.45) is 4.09. The molecule has 40 heavy (non-hydrogen) atoms. The number of thiazole rings is 1. The van der Waals surface area contributed by atoms with Crippen molar-refractivity contribution in [2.75, 3.05) is 32.8 Å². The Morgan fingerprint density at radius 2 is 1.88 bits per heavy atom. The summed E-state index contributed by atoms with van der Waals surface area (Å²) in [7, 11) is 2.85. The molecule has 0 aliphatic heterocycles. The number of amides is 1. The zero-order valence-corrected chi connectivity index (χ0v) is 25.1. The van der Waals surface area contributed by atoms with Crippen molar-refractivity contribution in [2.45, 2.75) is 33.1 Å². The molecule has 0 aliphatic carbocycles. The summed E-state index contributed by atoms with van der Waals surface area (Å²) in [6, 6.07) is 8.67. The van der Waals surface area contributed by atoms with Crippen molar-refractivity contribution in [3.8, 4) is 17.0 Å². The first-order chi connectivity index (χ1) is 19.1. The van der Waals surface area contributed by atoms with Crippen LogP contribution >= 0.6 is 34.5 Å². The zero-order chi connectivity index (χ0) is 29.2. The summed E-state index contributed by atoms with van der Waals surface area (Å²) in [5.74, 6) is -0.702. The minimum Gasteiger partial charge on any atom is -0.496 e. The SMILES string of the molecule is COC(=Cc1c(Cl)cc(C(=O)Nc2nc(-c3cccc(CCOCCCC(C)C)c3OC)cs2)cc1Cl)C(=O)O. The van der Waals surface area contributed by atoms with E-state index in [1.807, 2.05) is 23.6 Å². The van der Waals surface area contributed by atoms with Gasteiger partial charge in [0.15, 0.2) is 5.13 Å².